The molecule has 1 unspecified atom stereocenters. The fourth-order valence-electron chi connectivity index (χ4n) is 3.49. The number of nitrogens with one attached hydrogen (secondary N) is 2. The van der Waals surface area contributed by atoms with Gasteiger partial charge in [-0.3, -0.25) is 4.99 Å². The van der Waals surface area contributed by atoms with Crippen molar-refractivity contribution in [3.63, 3.8) is 0 Å². The van der Waals surface area contributed by atoms with E-state index in [4.69, 9.17) is 19.2 Å². The van der Waals surface area contributed by atoms with E-state index < -0.39 is 0 Å². The average molecular weight is 532 g/mol. The smallest absolute Gasteiger partial charge is 0.191 e. The van der Waals surface area contributed by atoms with E-state index in [0.29, 0.717) is 6.04 Å². The first-order valence-corrected chi connectivity index (χ1v) is 10.8. The summed E-state index contributed by atoms with van der Waals surface area (Å²) in [4.78, 5) is 7.08. The highest BCUT2D eigenvalue weighted by Crippen LogP contribution is 2.30. The Morgan fingerprint density at radius 3 is 2.50 bits per heavy atom. The van der Waals surface area contributed by atoms with Gasteiger partial charge >= 0.3 is 0 Å². The van der Waals surface area contributed by atoms with Gasteiger partial charge in [-0.05, 0) is 38.5 Å². The molecule has 0 bridgehead atoms. The number of guanidine groups is 1. The Kier molecular flexibility index (Phi) is 10.8. The fourth-order valence-corrected chi connectivity index (χ4v) is 3.49. The van der Waals surface area contributed by atoms with E-state index in [2.05, 4.69) is 34.6 Å². The lowest BCUT2D eigenvalue weighted by atomic mass is 10.2. The van der Waals surface area contributed by atoms with Crippen molar-refractivity contribution in [3.05, 3.63) is 18.2 Å². The van der Waals surface area contributed by atoms with Crippen molar-refractivity contribution >= 4 is 35.6 Å². The Balaban J connectivity index is 0.00000320. The Morgan fingerprint density at radius 1 is 1.13 bits per heavy atom. The predicted molar refractivity (Wildman–Crippen MR) is 133 cm³/mol. The second-order valence-electron chi connectivity index (χ2n) is 7.78. The summed E-state index contributed by atoms with van der Waals surface area (Å²) < 4.78 is 16.5. The maximum absolute atomic E-state index is 5.70. The maximum atomic E-state index is 5.70. The second-order valence-corrected chi connectivity index (χ2v) is 7.78. The number of nitrogens with zero attached hydrogens (tertiary/aromatic N) is 2. The zero-order valence-corrected chi connectivity index (χ0v) is 20.8. The van der Waals surface area contributed by atoms with Gasteiger partial charge in [0.05, 0.1) is 14.2 Å². The second kappa shape index (κ2) is 13.1. The number of hydrogen-bond acceptors (Lipinski definition) is 5. The molecule has 8 heteroatoms. The average Bonchev–Trinajstić information content (AvgIpc) is 3.46. The summed E-state index contributed by atoms with van der Waals surface area (Å²) >= 11 is 0. The highest BCUT2D eigenvalue weighted by atomic mass is 127. The molecule has 0 amide bonds. The molecule has 1 aromatic rings. The van der Waals surface area contributed by atoms with E-state index >= 15 is 0 Å². The zero-order chi connectivity index (χ0) is 20.5. The van der Waals surface area contributed by atoms with Crippen molar-refractivity contribution in [3.8, 4) is 11.5 Å². The van der Waals surface area contributed by atoms with Crippen molar-refractivity contribution in [1.29, 1.82) is 0 Å². The Hall–Kier alpha value is -1.42. The lowest BCUT2D eigenvalue weighted by Gasteiger charge is -2.21. The van der Waals surface area contributed by atoms with Gasteiger partial charge in [-0.25, -0.2) is 0 Å². The first kappa shape index (κ1) is 24.8. The molecule has 1 heterocycles. The Labute approximate surface area is 197 Å². The summed E-state index contributed by atoms with van der Waals surface area (Å²) in [5.41, 5.74) is 1.13. The molecule has 170 valence electrons. The number of methoxy groups -OCH3 is 2. The first-order chi connectivity index (χ1) is 14.2. The monoisotopic (exact) mass is 532 g/mol. The molecule has 2 aliphatic rings. The zero-order valence-electron chi connectivity index (χ0n) is 18.5. The number of halogens is 1. The van der Waals surface area contributed by atoms with Crippen molar-refractivity contribution in [2.24, 2.45) is 10.9 Å². The van der Waals surface area contributed by atoms with Crippen LogP contribution in [0, 0.1) is 5.92 Å². The largest absolute Gasteiger partial charge is 0.497 e. The van der Waals surface area contributed by atoms with E-state index in [1.165, 1.54) is 12.8 Å². The lowest BCUT2D eigenvalue weighted by molar-refractivity contribution is 0.123. The van der Waals surface area contributed by atoms with Gasteiger partial charge in [-0.15, -0.1) is 24.0 Å². The molecule has 3 rings (SSSR count). The van der Waals surface area contributed by atoms with Crippen LogP contribution in [0.25, 0.3) is 0 Å². The summed E-state index contributed by atoms with van der Waals surface area (Å²) in [5.74, 6) is 3.35. The summed E-state index contributed by atoms with van der Waals surface area (Å²) in [6.45, 7) is 7.37. The molecule has 0 spiro atoms. The topological polar surface area (TPSA) is 67.4 Å². The molecular weight excluding hydrogens is 495 g/mol. The number of hydrogen-bond donors (Lipinski definition) is 2. The molecule has 1 atom stereocenters. The van der Waals surface area contributed by atoms with Crippen LogP contribution in [0.15, 0.2) is 23.2 Å². The molecular formula is C22H37IN4O3. The normalized spacial score (nSPS) is 18.7. The third-order valence-electron chi connectivity index (χ3n) is 5.34. The van der Waals surface area contributed by atoms with E-state index in [0.717, 1.165) is 81.3 Å². The molecule has 1 aliphatic heterocycles. The number of aliphatic imine (C=N–C) groups is 1. The van der Waals surface area contributed by atoms with E-state index in [1.54, 1.807) is 14.2 Å². The molecule has 2 N–H and O–H groups in total. The highest BCUT2D eigenvalue weighted by molar-refractivity contribution is 14.0. The van der Waals surface area contributed by atoms with Crippen LogP contribution in [0.2, 0.25) is 0 Å². The minimum Gasteiger partial charge on any atom is -0.497 e. The number of rotatable bonds is 11. The van der Waals surface area contributed by atoms with E-state index in [-0.39, 0.29) is 24.0 Å². The fraction of sp³-hybridized carbons (Fsp3) is 0.682. The van der Waals surface area contributed by atoms with Gasteiger partial charge in [0.15, 0.2) is 5.96 Å². The van der Waals surface area contributed by atoms with Crippen molar-refractivity contribution in [1.82, 2.24) is 10.6 Å². The van der Waals surface area contributed by atoms with Gasteiger partial charge in [0.25, 0.3) is 0 Å². The summed E-state index contributed by atoms with van der Waals surface area (Å²) in [6.07, 6.45) is 4.71. The number of anilines is 1. The maximum Gasteiger partial charge on any atom is 0.191 e. The van der Waals surface area contributed by atoms with Gasteiger partial charge in [-0.1, -0.05) is 0 Å². The number of ether oxygens (including phenoxy) is 3. The van der Waals surface area contributed by atoms with Crippen LogP contribution in [0.5, 0.6) is 11.5 Å². The Morgan fingerprint density at radius 2 is 1.87 bits per heavy atom. The van der Waals surface area contributed by atoms with Crippen LogP contribution in [0.1, 0.15) is 32.6 Å². The molecule has 1 aromatic carbocycles. The van der Waals surface area contributed by atoms with Crippen molar-refractivity contribution in [2.75, 3.05) is 58.5 Å². The molecule has 0 radical (unpaired) electrons. The molecule has 1 saturated heterocycles. The van der Waals surface area contributed by atoms with Crippen LogP contribution in [0.3, 0.4) is 0 Å². The third-order valence-corrected chi connectivity index (χ3v) is 5.34. The molecule has 1 saturated carbocycles. The predicted octanol–water partition coefficient (Wildman–Crippen LogP) is 3.27. The summed E-state index contributed by atoms with van der Waals surface area (Å²) in [5, 5.41) is 6.95. The van der Waals surface area contributed by atoms with E-state index in [9.17, 15) is 0 Å². The number of benzene rings is 1. The van der Waals surface area contributed by atoms with Crippen LogP contribution >= 0.6 is 24.0 Å². The van der Waals surface area contributed by atoms with Gasteiger partial charge in [0.2, 0.25) is 0 Å². The first-order valence-electron chi connectivity index (χ1n) is 10.8. The van der Waals surface area contributed by atoms with Gasteiger partial charge < -0.3 is 29.7 Å². The van der Waals surface area contributed by atoms with Gasteiger partial charge in [0, 0.05) is 69.3 Å². The van der Waals surface area contributed by atoms with Crippen molar-refractivity contribution < 1.29 is 14.2 Å². The van der Waals surface area contributed by atoms with Crippen LogP contribution in [-0.4, -0.2) is 65.6 Å². The van der Waals surface area contributed by atoms with Crippen molar-refractivity contribution in [2.45, 2.75) is 38.6 Å². The Bertz CT molecular complexity index is 648. The standard InChI is InChI=1S/C22H36N4O3.HI/c1-4-23-22(24-9-5-11-29-16-17-6-7-17)25-18-8-10-26(15-18)19-12-20(27-2)14-21(13-19)28-3;/h12-14,17-18H,4-11,15-16H2,1-3H3,(H2,23,24,25);1H. The van der Waals surface area contributed by atoms with Gasteiger partial charge in [-0.2, -0.15) is 0 Å². The summed E-state index contributed by atoms with van der Waals surface area (Å²) in [7, 11) is 3.37. The van der Waals surface area contributed by atoms with Crippen LogP contribution < -0.4 is 25.0 Å². The lowest BCUT2D eigenvalue weighted by Crippen LogP contribution is -2.44. The molecule has 7 nitrogen and oxygen atoms in total. The van der Waals surface area contributed by atoms with Gasteiger partial charge in [0.1, 0.15) is 11.5 Å². The molecule has 0 aromatic heterocycles. The third kappa shape index (κ3) is 8.02. The minimum absolute atomic E-state index is 0. The molecule has 1 aliphatic carbocycles. The van der Waals surface area contributed by atoms with E-state index in [1.807, 2.05) is 6.07 Å². The molecule has 2 fully saturated rings. The minimum atomic E-state index is 0. The molecule has 30 heavy (non-hydrogen) atoms. The van der Waals surface area contributed by atoms with Crippen LogP contribution in [0.4, 0.5) is 5.69 Å². The highest BCUT2D eigenvalue weighted by Gasteiger charge is 2.24. The quantitative estimate of drug-likeness (QED) is 0.198. The summed E-state index contributed by atoms with van der Waals surface area (Å²) in [6, 6.07) is 6.38. The van der Waals surface area contributed by atoms with Crippen LogP contribution in [-0.2, 0) is 4.74 Å². The SMILES string of the molecule is CCNC(=NCCCOCC1CC1)NC1CCN(c2cc(OC)cc(OC)c2)C1.I.